The monoisotopic (exact) mass is 253 g/mol. The van der Waals surface area contributed by atoms with Gasteiger partial charge in [0.25, 0.3) is 0 Å². The fourth-order valence-electron chi connectivity index (χ4n) is 1.33. The van der Waals surface area contributed by atoms with E-state index in [-0.39, 0.29) is 17.3 Å². The highest BCUT2D eigenvalue weighted by atomic mass is 32.2. The molecule has 0 saturated carbocycles. The molecule has 5 nitrogen and oxygen atoms in total. The standard InChI is InChI=1S/C11H15N3O2S/c1-3-7-14(8-4-2)17(15,16)10-5-6-11(12)13-9-10/h1,5-6,9H,4,7-8H2,2H3,(H2,12,13). The predicted molar refractivity (Wildman–Crippen MR) is 66.5 cm³/mol. The van der Waals surface area contributed by atoms with Crippen LogP contribution in [0.15, 0.2) is 23.2 Å². The van der Waals surface area contributed by atoms with Crippen molar-refractivity contribution in [2.75, 3.05) is 18.8 Å². The number of anilines is 1. The molecule has 0 aromatic carbocycles. The van der Waals surface area contributed by atoms with Crippen LogP contribution < -0.4 is 5.73 Å². The first-order chi connectivity index (χ1) is 8.02. The summed E-state index contributed by atoms with van der Waals surface area (Å²) in [6.07, 6.45) is 7.10. The fraction of sp³-hybridized carbons (Fsp3) is 0.364. The topological polar surface area (TPSA) is 76.3 Å². The molecule has 1 aromatic rings. The number of nitrogens with zero attached hydrogens (tertiary/aromatic N) is 2. The number of hydrogen-bond acceptors (Lipinski definition) is 4. The molecule has 17 heavy (non-hydrogen) atoms. The second-order valence-corrected chi connectivity index (χ2v) is 5.40. The smallest absolute Gasteiger partial charge is 0.245 e. The second-order valence-electron chi connectivity index (χ2n) is 3.46. The molecule has 0 amide bonds. The second kappa shape index (κ2) is 5.66. The molecule has 0 atom stereocenters. The van der Waals surface area contributed by atoms with Crippen LogP contribution in [0.4, 0.5) is 5.82 Å². The first-order valence-electron chi connectivity index (χ1n) is 5.17. The zero-order valence-electron chi connectivity index (χ0n) is 9.63. The summed E-state index contributed by atoms with van der Waals surface area (Å²) < 4.78 is 25.6. The maximum atomic E-state index is 12.2. The largest absolute Gasteiger partial charge is 0.384 e. The molecule has 0 aliphatic heterocycles. The van der Waals surface area contributed by atoms with Gasteiger partial charge in [-0.05, 0) is 18.6 Å². The van der Waals surface area contributed by atoms with Crippen LogP contribution in [0.1, 0.15) is 13.3 Å². The van der Waals surface area contributed by atoms with Crippen molar-refractivity contribution in [1.82, 2.24) is 9.29 Å². The molecule has 0 unspecified atom stereocenters. The molecule has 0 saturated heterocycles. The van der Waals surface area contributed by atoms with E-state index < -0.39 is 10.0 Å². The van der Waals surface area contributed by atoms with Gasteiger partial charge in [-0.1, -0.05) is 12.8 Å². The van der Waals surface area contributed by atoms with Crippen LogP contribution in [-0.2, 0) is 10.0 Å². The minimum atomic E-state index is -3.57. The summed E-state index contributed by atoms with van der Waals surface area (Å²) in [6, 6.07) is 2.88. The van der Waals surface area contributed by atoms with E-state index in [1.54, 1.807) is 0 Å². The maximum Gasteiger partial charge on any atom is 0.245 e. The van der Waals surface area contributed by atoms with Crippen LogP contribution >= 0.6 is 0 Å². The molecule has 0 aliphatic rings. The summed E-state index contributed by atoms with van der Waals surface area (Å²) in [4.78, 5) is 3.88. The van der Waals surface area contributed by atoms with Gasteiger partial charge in [-0.2, -0.15) is 4.31 Å². The van der Waals surface area contributed by atoms with Crippen molar-refractivity contribution in [3.8, 4) is 12.3 Å². The Kier molecular flexibility index (Phi) is 4.49. The van der Waals surface area contributed by atoms with Crippen molar-refractivity contribution in [3.05, 3.63) is 18.3 Å². The van der Waals surface area contributed by atoms with Gasteiger partial charge in [0.1, 0.15) is 10.7 Å². The third-order valence-electron chi connectivity index (χ3n) is 2.14. The molecule has 0 fully saturated rings. The highest BCUT2D eigenvalue weighted by Gasteiger charge is 2.23. The van der Waals surface area contributed by atoms with Crippen molar-refractivity contribution in [2.45, 2.75) is 18.2 Å². The van der Waals surface area contributed by atoms with Crippen molar-refractivity contribution in [3.63, 3.8) is 0 Å². The average Bonchev–Trinajstić information content (AvgIpc) is 2.29. The molecular formula is C11H15N3O2S. The first kappa shape index (κ1) is 13.5. The summed E-state index contributed by atoms with van der Waals surface area (Å²) in [5, 5.41) is 0. The minimum Gasteiger partial charge on any atom is -0.384 e. The molecule has 92 valence electrons. The summed E-state index contributed by atoms with van der Waals surface area (Å²) in [5.74, 6) is 2.62. The van der Waals surface area contributed by atoms with Crippen LogP contribution in [-0.4, -0.2) is 30.8 Å². The van der Waals surface area contributed by atoms with E-state index in [4.69, 9.17) is 12.2 Å². The molecular weight excluding hydrogens is 238 g/mol. The van der Waals surface area contributed by atoms with Gasteiger partial charge in [-0.3, -0.25) is 0 Å². The highest BCUT2D eigenvalue weighted by Crippen LogP contribution is 2.15. The van der Waals surface area contributed by atoms with E-state index in [2.05, 4.69) is 10.9 Å². The van der Waals surface area contributed by atoms with E-state index in [9.17, 15) is 8.42 Å². The molecule has 6 heteroatoms. The number of nitrogen functional groups attached to an aromatic ring is 1. The van der Waals surface area contributed by atoms with Gasteiger partial charge in [0.2, 0.25) is 10.0 Å². The van der Waals surface area contributed by atoms with Gasteiger partial charge in [0, 0.05) is 12.7 Å². The SMILES string of the molecule is C#CCN(CCC)S(=O)(=O)c1ccc(N)nc1. The molecule has 1 rings (SSSR count). The predicted octanol–water partition coefficient (Wildman–Crippen LogP) is 0.698. The van der Waals surface area contributed by atoms with Crippen LogP contribution in [0.5, 0.6) is 0 Å². The van der Waals surface area contributed by atoms with Gasteiger partial charge in [0.15, 0.2) is 0 Å². The third-order valence-corrected chi connectivity index (χ3v) is 3.97. The molecule has 0 bridgehead atoms. The summed E-state index contributed by atoms with van der Waals surface area (Å²) in [5.41, 5.74) is 5.41. The Labute approximate surface area is 102 Å². The number of terminal acetylenes is 1. The van der Waals surface area contributed by atoms with E-state index in [1.807, 2.05) is 6.92 Å². The number of sulfonamides is 1. The normalized spacial score (nSPS) is 11.4. The van der Waals surface area contributed by atoms with Gasteiger partial charge >= 0.3 is 0 Å². The maximum absolute atomic E-state index is 12.2. The summed E-state index contributed by atoms with van der Waals surface area (Å²) in [6.45, 7) is 2.33. The van der Waals surface area contributed by atoms with Gasteiger partial charge in [-0.25, -0.2) is 13.4 Å². The van der Waals surface area contributed by atoms with Gasteiger partial charge < -0.3 is 5.73 Å². The number of hydrogen-bond donors (Lipinski definition) is 1. The Morgan fingerprint density at radius 3 is 2.71 bits per heavy atom. The van der Waals surface area contributed by atoms with Crippen molar-refractivity contribution >= 4 is 15.8 Å². The van der Waals surface area contributed by atoms with Gasteiger partial charge in [0.05, 0.1) is 6.54 Å². The Balaban J connectivity index is 3.08. The van der Waals surface area contributed by atoms with Gasteiger partial charge in [-0.15, -0.1) is 6.42 Å². The molecule has 0 radical (unpaired) electrons. The number of nitrogens with two attached hydrogens (primary N) is 1. The zero-order chi connectivity index (χ0) is 12.9. The lowest BCUT2D eigenvalue weighted by molar-refractivity contribution is 0.445. The van der Waals surface area contributed by atoms with Crippen LogP contribution in [0.2, 0.25) is 0 Å². The average molecular weight is 253 g/mol. The lowest BCUT2D eigenvalue weighted by atomic mass is 10.5. The molecule has 0 spiro atoms. The highest BCUT2D eigenvalue weighted by molar-refractivity contribution is 7.89. The molecule has 1 aromatic heterocycles. The fourth-order valence-corrected chi connectivity index (χ4v) is 2.72. The Bertz CT molecular complexity index is 503. The minimum absolute atomic E-state index is 0.0561. The van der Waals surface area contributed by atoms with E-state index in [0.717, 1.165) is 0 Å². The first-order valence-corrected chi connectivity index (χ1v) is 6.61. The Morgan fingerprint density at radius 1 is 1.53 bits per heavy atom. The Morgan fingerprint density at radius 2 is 2.24 bits per heavy atom. The zero-order valence-corrected chi connectivity index (χ0v) is 10.4. The Hall–Kier alpha value is -1.58. The van der Waals surface area contributed by atoms with Crippen LogP contribution in [0.25, 0.3) is 0 Å². The quantitative estimate of drug-likeness (QED) is 0.784. The lowest BCUT2D eigenvalue weighted by Crippen LogP contribution is -2.32. The number of aromatic nitrogens is 1. The lowest BCUT2D eigenvalue weighted by Gasteiger charge is -2.18. The van der Waals surface area contributed by atoms with Crippen molar-refractivity contribution in [2.24, 2.45) is 0 Å². The van der Waals surface area contributed by atoms with E-state index in [0.29, 0.717) is 13.0 Å². The third kappa shape index (κ3) is 3.19. The molecule has 0 aliphatic carbocycles. The summed E-state index contributed by atoms with van der Waals surface area (Å²) >= 11 is 0. The van der Waals surface area contributed by atoms with Crippen LogP contribution in [0.3, 0.4) is 0 Å². The van der Waals surface area contributed by atoms with Crippen LogP contribution in [0, 0.1) is 12.3 Å². The van der Waals surface area contributed by atoms with Crippen molar-refractivity contribution < 1.29 is 8.42 Å². The molecule has 2 N–H and O–H groups in total. The summed E-state index contributed by atoms with van der Waals surface area (Å²) in [7, 11) is -3.57. The molecule has 1 heterocycles. The van der Waals surface area contributed by atoms with E-state index >= 15 is 0 Å². The number of pyridine rings is 1. The number of rotatable bonds is 5. The van der Waals surface area contributed by atoms with Crippen molar-refractivity contribution in [1.29, 1.82) is 0 Å². The van der Waals surface area contributed by atoms with E-state index in [1.165, 1.54) is 22.6 Å².